The van der Waals surface area contributed by atoms with E-state index in [1.807, 2.05) is 6.07 Å². The molecule has 24 heavy (non-hydrogen) atoms. The molecule has 0 saturated heterocycles. The fourth-order valence-corrected chi connectivity index (χ4v) is 5.65. The molecule has 2 fully saturated rings. The van der Waals surface area contributed by atoms with Gasteiger partial charge in [0.25, 0.3) is 0 Å². The van der Waals surface area contributed by atoms with Crippen molar-refractivity contribution in [3.05, 3.63) is 48.1 Å². The zero-order valence-corrected chi connectivity index (χ0v) is 14.9. The van der Waals surface area contributed by atoms with Crippen LogP contribution in [0, 0.1) is 29.4 Å². The number of halogens is 2. The molecule has 2 heteroatoms. The third kappa shape index (κ3) is 3.05. The van der Waals surface area contributed by atoms with Crippen molar-refractivity contribution < 1.29 is 8.78 Å². The Kier molecular flexibility index (Phi) is 5.42. The van der Waals surface area contributed by atoms with Gasteiger partial charge in [0, 0.05) is 5.41 Å². The minimum absolute atomic E-state index is 0.0354. The molecule has 0 nitrogen and oxygen atoms in total. The molecule has 2 aliphatic rings. The first kappa shape index (κ1) is 17.6. The zero-order chi connectivity index (χ0) is 17.2. The van der Waals surface area contributed by atoms with Crippen molar-refractivity contribution in [2.24, 2.45) is 17.8 Å². The molecule has 2 aliphatic carbocycles. The van der Waals surface area contributed by atoms with E-state index in [1.165, 1.54) is 57.1 Å². The zero-order valence-electron chi connectivity index (χ0n) is 14.9. The summed E-state index contributed by atoms with van der Waals surface area (Å²) in [6.07, 6.45) is 12.8. The Balaban J connectivity index is 2.00. The molecule has 0 heterocycles. The summed E-state index contributed by atoms with van der Waals surface area (Å²) in [7, 11) is 0. The molecule has 0 unspecified atom stereocenters. The molecule has 0 amide bonds. The van der Waals surface area contributed by atoms with Crippen molar-refractivity contribution in [2.45, 2.75) is 70.1 Å². The summed E-state index contributed by atoms with van der Waals surface area (Å²) < 4.78 is 27.6. The van der Waals surface area contributed by atoms with Gasteiger partial charge < -0.3 is 0 Å². The van der Waals surface area contributed by atoms with E-state index in [1.54, 1.807) is 0 Å². The second-order valence-corrected chi connectivity index (χ2v) is 7.87. The van der Waals surface area contributed by atoms with Crippen molar-refractivity contribution in [2.75, 3.05) is 0 Å². The molecule has 0 spiro atoms. The first-order valence-corrected chi connectivity index (χ1v) is 9.70. The molecule has 0 aromatic heterocycles. The third-order valence-electron chi connectivity index (χ3n) is 6.91. The summed E-state index contributed by atoms with van der Waals surface area (Å²) >= 11 is 0. The molecule has 132 valence electrons. The molecule has 2 saturated carbocycles. The van der Waals surface area contributed by atoms with Crippen LogP contribution < -0.4 is 0 Å². The molecule has 0 radical (unpaired) electrons. The Bertz CT molecular complexity index is 571. The van der Waals surface area contributed by atoms with Gasteiger partial charge in [0.2, 0.25) is 0 Å². The molecule has 3 rings (SSSR count). The fraction of sp³-hybridized carbons (Fsp3) is 0.636. The molecule has 0 bridgehead atoms. The van der Waals surface area contributed by atoms with Gasteiger partial charge in [-0.25, -0.2) is 8.78 Å². The minimum Gasteiger partial charge on any atom is -0.204 e. The van der Waals surface area contributed by atoms with E-state index in [-0.39, 0.29) is 5.41 Å². The van der Waals surface area contributed by atoms with Crippen molar-refractivity contribution in [3.8, 4) is 0 Å². The third-order valence-corrected chi connectivity index (χ3v) is 6.91. The highest BCUT2D eigenvalue weighted by molar-refractivity contribution is 5.30. The van der Waals surface area contributed by atoms with Crippen LogP contribution in [0.5, 0.6) is 0 Å². The maximum absolute atomic E-state index is 14.0. The Labute approximate surface area is 145 Å². The van der Waals surface area contributed by atoms with Gasteiger partial charge in [0.1, 0.15) is 0 Å². The lowest BCUT2D eigenvalue weighted by atomic mass is 9.52. The van der Waals surface area contributed by atoms with Gasteiger partial charge in [0.05, 0.1) is 0 Å². The average molecular weight is 332 g/mol. The SMILES string of the molecule is C=CC1CCC([C@]2(c3ccc(F)c(F)c3)CCCC[C@@H]2CC)CC1. The Morgan fingerprint density at radius 3 is 2.46 bits per heavy atom. The Morgan fingerprint density at radius 1 is 1.08 bits per heavy atom. The number of benzene rings is 1. The number of allylic oxidation sites excluding steroid dienone is 1. The molecule has 0 N–H and O–H groups in total. The lowest BCUT2D eigenvalue weighted by molar-refractivity contribution is 0.0724. The quantitative estimate of drug-likeness (QED) is 0.532. The summed E-state index contributed by atoms with van der Waals surface area (Å²) in [6, 6.07) is 4.71. The van der Waals surface area contributed by atoms with Crippen LogP contribution in [-0.2, 0) is 5.41 Å². The molecule has 2 atom stereocenters. The van der Waals surface area contributed by atoms with E-state index in [0.29, 0.717) is 17.8 Å². The number of rotatable bonds is 4. The number of hydrogen-bond donors (Lipinski definition) is 0. The van der Waals surface area contributed by atoms with Crippen molar-refractivity contribution >= 4 is 0 Å². The maximum atomic E-state index is 14.0. The second-order valence-electron chi connectivity index (χ2n) is 7.87. The Morgan fingerprint density at radius 2 is 1.83 bits per heavy atom. The van der Waals surface area contributed by atoms with Crippen LogP contribution in [0.15, 0.2) is 30.9 Å². The highest BCUT2D eigenvalue weighted by Gasteiger charge is 2.47. The summed E-state index contributed by atoms with van der Waals surface area (Å²) in [5, 5.41) is 0. The van der Waals surface area contributed by atoms with Crippen LogP contribution >= 0.6 is 0 Å². The molecular formula is C22H30F2. The van der Waals surface area contributed by atoms with Gasteiger partial charge in [-0.2, -0.15) is 0 Å². The lowest BCUT2D eigenvalue weighted by Gasteiger charge is -2.52. The molecule has 1 aromatic carbocycles. The second kappa shape index (κ2) is 7.37. The Hall–Kier alpha value is -1.18. The van der Waals surface area contributed by atoms with Crippen LogP contribution in [0.4, 0.5) is 8.78 Å². The first-order chi connectivity index (χ1) is 11.6. The largest absolute Gasteiger partial charge is 0.204 e. The normalized spacial score (nSPS) is 34.0. The minimum atomic E-state index is -0.729. The lowest BCUT2D eigenvalue weighted by Crippen LogP contribution is -2.46. The highest BCUT2D eigenvalue weighted by Crippen LogP contribution is 2.54. The fourth-order valence-electron chi connectivity index (χ4n) is 5.65. The van der Waals surface area contributed by atoms with Crippen LogP contribution in [0.25, 0.3) is 0 Å². The predicted octanol–water partition coefficient (Wildman–Crippen LogP) is 6.80. The topological polar surface area (TPSA) is 0 Å². The van der Waals surface area contributed by atoms with Gasteiger partial charge in [-0.3, -0.25) is 0 Å². The summed E-state index contributed by atoms with van der Waals surface area (Å²) in [6.45, 7) is 6.22. The van der Waals surface area contributed by atoms with Gasteiger partial charge in [-0.1, -0.05) is 38.3 Å². The van der Waals surface area contributed by atoms with E-state index >= 15 is 0 Å². The standard InChI is InChI=1S/C22H30F2/c1-3-16-8-10-18(11-9-16)22(14-6-5-7-17(22)4-2)19-12-13-20(23)21(24)15-19/h3,12-13,15-18H,1,4-11,14H2,2H3/t16?,17-,18?,22-/m0/s1. The van der Waals surface area contributed by atoms with Crippen LogP contribution in [-0.4, -0.2) is 0 Å². The van der Waals surface area contributed by atoms with Gasteiger partial charge in [-0.15, -0.1) is 6.58 Å². The molecule has 1 aromatic rings. The summed E-state index contributed by atoms with van der Waals surface area (Å²) in [4.78, 5) is 0. The van der Waals surface area contributed by atoms with Crippen molar-refractivity contribution in [3.63, 3.8) is 0 Å². The van der Waals surface area contributed by atoms with E-state index in [9.17, 15) is 8.78 Å². The predicted molar refractivity (Wildman–Crippen MR) is 95.9 cm³/mol. The van der Waals surface area contributed by atoms with Crippen LogP contribution in [0.1, 0.15) is 70.3 Å². The first-order valence-electron chi connectivity index (χ1n) is 9.70. The van der Waals surface area contributed by atoms with E-state index < -0.39 is 11.6 Å². The average Bonchev–Trinajstić information content (AvgIpc) is 2.64. The van der Waals surface area contributed by atoms with Crippen molar-refractivity contribution in [1.29, 1.82) is 0 Å². The van der Waals surface area contributed by atoms with Gasteiger partial charge >= 0.3 is 0 Å². The maximum Gasteiger partial charge on any atom is 0.159 e. The molecule has 0 aliphatic heterocycles. The molecular weight excluding hydrogens is 302 g/mol. The van der Waals surface area contributed by atoms with E-state index in [2.05, 4.69) is 19.6 Å². The number of hydrogen-bond acceptors (Lipinski definition) is 0. The summed E-state index contributed by atoms with van der Waals surface area (Å²) in [5.41, 5.74) is 1.09. The van der Waals surface area contributed by atoms with Crippen molar-refractivity contribution in [1.82, 2.24) is 0 Å². The van der Waals surface area contributed by atoms with E-state index in [4.69, 9.17) is 0 Å². The van der Waals surface area contributed by atoms with Gasteiger partial charge in [0.15, 0.2) is 11.6 Å². The smallest absolute Gasteiger partial charge is 0.159 e. The highest BCUT2D eigenvalue weighted by atomic mass is 19.2. The van der Waals surface area contributed by atoms with Crippen LogP contribution in [0.2, 0.25) is 0 Å². The van der Waals surface area contributed by atoms with E-state index in [0.717, 1.165) is 18.4 Å². The van der Waals surface area contributed by atoms with Gasteiger partial charge in [-0.05, 0) is 74.0 Å². The monoisotopic (exact) mass is 332 g/mol. The summed E-state index contributed by atoms with van der Waals surface area (Å²) in [5.74, 6) is 0.386. The van der Waals surface area contributed by atoms with Crippen LogP contribution in [0.3, 0.4) is 0 Å².